The van der Waals surface area contributed by atoms with Crippen molar-refractivity contribution in [1.29, 1.82) is 0 Å². The van der Waals surface area contributed by atoms with Gasteiger partial charge in [0.1, 0.15) is 11.5 Å². The van der Waals surface area contributed by atoms with Gasteiger partial charge in [-0.3, -0.25) is 0 Å². The molecule has 5 rings (SSSR count). The van der Waals surface area contributed by atoms with Crippen molar-refractivity contribution in [1.82, 2.24) is 0 Å². The van der Waals surface area contributed by atoms with Gasteiger partial charge in [-0.15, -0.1) is 0 Å². The minimum atomic E-state index is -1.96. The fourth-order valence-electron chi connectivity index (χ4n) is 5.64. The zero-order chi connectivity index (χ0) is 31.6. The second kappa shape index (κ2) is 12.8. The Morgan fingerprint density at radius 1 is 0.614 bits per heavy atom. The van der Waals surface area contributed by atoms with Crippen LogP contribution in [-0.4, -0.2) is 19.3 Å². The normalized spacial score (nSPS) is 12.4. The van der Waals surface area contributed by atoms with Crippen LogP contribution in [0.2, 0.25) is 19.6 Å². The molecule has 5 aromatic carbocycles. The van der Waals surface area contributed by atoms with Crippen LogP contribution in [0.5, 0.6) is 11.5 Å². The summed E-state index contributed by atoms with van der Waals surface area (Å²) in [6.45, 7) is 12.8. The number of benzene rings is 5. The first-order valence-corrected chi connectivity index (χ1v) is 18.7. The first-order chi connectivity index (χ1) is 20.9. The van der Waals surface area contributed by atoms with Crippen LogP contribution in [0.25, 0.3) is 44.5 Å². The van der Waals surface area contributed by atoms with Crippen LogP contribution in [-0.2, 0) is 0 Å². The third-order valence-electron chi connectivity index (χ3n) is 7.88. The van der Waals surface area contributed by atoms with Gasteiger partial charge >= 0.3 is 0 Å². The van der Waals surface area contributed by atoms with Gasteiger partial charge in [0.25, 0.3) is 0 Å². The standard InChI is InChI=1S/C39H40F2O2Si/c1-25(2)17-26(3)43-38-24-37(41)36(40)23-34(38)35-22-32(44(4,5)6)21-33(39(35)42)31-19-29(27-13-9-7-10-14-27)18-30(20-31)28-15-11-8-12-16-28/h7-16,18-26,42H,17H2,1-6H3/t26-/m1/s1. The van der Waals surface area contributed by atoms with Crippen molar-refractivity contribution in [3.63, 3.8) is 0 Å². The van der Waals surface area contributed by atoms with E-state index in [1.54, 1.807) is 0 Å². The molecule has 0 saturated heterocycles. The highest BCUT2D eigenvalue weighted by Crippen LogP contribution is 2.44. The van der Waals surface area contributed by atoms with E-state index in [4.69, 9.17) is 4.74 Å². The highest BCUT2D eigenvalue weighted by molar-refractivity contribution is 6.88. The van der Waals surface area contributed by atoms with Crippen LogP contribution in [0.1, 0.15) is 27.2 Å². The summed E-state index contributed by atoms with van der Waals surface area (Å²) in [6, 6.07) is 32.9. The van der Waals surface area contributed by atoms with E-state index in [1.165, 1.54) is 0 Å². The summed E-state index contributed by atoms with van der Waals surface area (Å²) in [5.41, 5.74) is 6.38. The molecule has 0 aliphatic rings. The maximum absolute atomic E-state index is 14.9. The molecule has 2 nitrogen and oxygen atoms in total. The average molecular weight is 607 g/mol. The summed E-state index contributed by atoms with van der Waals surface area (Å²) < 4.78 is 35.7. The zero-order valence-corrected chi connectivity index (χ0v) is 27.3. The average Bonchev–Trinajstić information content (AvgIpc) is 2.99. The summed E-state index contributed by atoms with van der Waals surface area (Å²) in [4.78, 5) is 0. The Morgan fingerprint density at radius 3 is 1.64 bits per heavy atom. The van der Waals surface area contributed by atoms with Gasteiger partial charge < -0.3 is 9.84 Å². The summed E-state index contributed by atoms with van der Waals surface area (Å²) in [5.74, 6) is -1.38. The third-order valence-corrected chi connectivity index (χ3v) is 9.90. The predicted molar refractivity (Wildman–Crippen MR) is 182 cm³/mol. The molecule has 0 bridgehead atoms. The molecule has 226 valence electrons. The molecule has 0 aliphatic carbocycles. The molecular formula is C39H40F2O2Si. The fraction of sp³-hybridized carbons (Fsp3) is 0.231. The Balaban J connectivity index is 1.77. The molecule has 0 radical (unpaired) electrons. The first kappa shape index (κ1) is 31.2. The van der Waals surface area contributed by atoms with Crippen molar-refractivity contribution in [3.8, 4) is 56.0 Å². The van der Waals surface area contributed by atoms with Crippen molar-refractivity contribution in [2.24, 2.45) is 5.92 Å². The molecule has 44 heavy (non-hydrogen) atoms. The van der Waals surface area contributed by atoms with Gasteiger partial charge in [-0.05, 0) is 71.3 Å². The SMILES string of the molecule is CC(C)C[C@@H](C)Oc1cc(F)c(F)cc1-c1cc([Si](C)(C)C)cc(-c2cc(-c3ccccc3)cc(-c3ccccc3)c2)c1O. The van der Waals surface area contributed by atoms with E-state index < -0.39 is 19.7 Å². The molecule has 5 heteroatoms. The lowest BCUT2D eigenvalue weighted by molar-refractivity contribution is 0.193. The molecule has 0 unspecified atom stereocenters. The van der Waals surface area contributed by atoms with Crippen molar-refractivity contribution >= 4 is 13.3 Å². The van der Waals surface area contributed by atoms with Gasteiger partial charge in [0, 0.05) is 22.8 Å². The highest BCUT2D eigenvalue weighted by Gasteiger charge is 2.25. The second-order valence-corrected chi connectivity index (χ2v) is 18.1. The molecule has 0 aliphatic heterocycles. The van der Waals surface area contributed by atoms with Crippen LogP contribution in [0.4, 0.5) is 8.78 Å². The van der Waals surface area contributed by atoms with Gasteiger partial charge in [0.15, 0.2) is 11.6 Å². The third kappa shape index (κ3) is 6.94. The first-order valence-electron chi connectivity index (χ1n) is 15.2. The maximum atomic E-state index is 14.9. The molecule has 1 N–H and O–H groups in total. The van der Waals surface area contributed by atoms with E-state index >= 15 is 0 Å². The van der Waals surface area contributed by atoms with Gasteiger partial charge in [-0.1, -0.05) is 111 Å². The van der Waals surface area contributed by atoms with Crippen LogP contribution in [0.15, 0.2) is 103 Å². The van der Waals surface area contributed by atoms with Gasteiger partial charge in [0.2, 0.25) is 0 Å². The van der Waals surface area contributed by atoms with E-state index in [9.17, 15) is 13.9 Å². The molecule has 5 aromatic rings. The van der Waals surface area contributed by atoms with Crippen LogP contribution in [0, 0.1) is 17.6 Å². The lowest BCUT2D eigenvalue weighted by Gasteiger charge is -2.24. The monoisotopic (exact) mass is 606 g/mol. The largest absolute Gasteiger partial charge is 0.507 e. The lowest BCUT2D eigenvalue weighted by atomic mass is 9.91. The molecule has 0 aromatic heterocycles. The molecule has 0 spiro atoms. The summed E-state index contributed by atoms with van der Waals surface area (Å²) >= 11 is 0. The predicted octanol–water partition coefficient (Wildman–Crippen LogP) is 10.7. The van der Waals surface area contributed by atoms with Crippen molar-refractivity contribution in [2.75, 3.05) is 0 Å². The molecule has 0 saturated carbocycles. The van der Waals surface area contributed by atoms with Crippen LogP contribution >= 0.6 is 0 Å². The number of phenolic OH excluding ortho intramolecular Hbond substituents is 1. The molecule has 0 amide bonds. The topological polar surface area (TPSA) is 29.5 Å². The van der Waals surface area contributed by atoms with E-state index in [0.29, 0.717) is 22.6 Å². The number of hydrogen-bond donors (Lipinski definition) is 1. The lowest BCUT2D eigenvalue weighted by Crippen LogP contribution is -2.37. The van der Waals surface area contributed by atoms with Crippen LogP contribution < -0.4 is 9.92 Å². The maximum Gasteiger partial charge on any atom is 0.162 e. The van der Waals surface area contributed by atoms with Gasteiger partial charge in [-0.2, -0.15) is 0 Å². The van der Waals surface area contributed by atoms with Crippen molar-refractivity contribution in [3.05, 3.63) is 115 Å². The Hall–Kier alpha value is -4.22. The Morgan fingerprint density at radius 2 is 1.11 bits per heavy atom. The highest BCUT2D eigenvalue weighted by atomic mass is 28.3. The minimum Gasteiger partial charge on any atom is -0.507 e. The minimum absolute atomic E-state index is 0.00333. The van der Waals surface area contributed by atoms with Crippen molar-refractivity contribution < 1.29 is 18.6 Å². The number of rotatable bonds is 9. The second-order valence-electron chi connectivity index (χ2n) is 13.0. The molecule has 0 fully saturated rings. The van der Waals surface area contributed by atoms with E-state index in [0.717, 1.165) is 51.6 Å². The quantitative estimate of drug-likeness (QED) is 0.169. The van der Waals surface area contributed by atoms with E-state index in [2.05, 4.69) is 82.0 Å². The fourth-order valence-corrected chi connectivity index (χ4v) is 6.79. The molecule has 0 heterocycles. The van der Waals surface area contributed by atoms with Crippen molar-refractivity contribution in [2.45, 2.75) is 52.9 Å². The summed E-state index contributed by atoms with van der Waals surface area (Å²) in [6.07, 6.45) is 0.524. The molecular weight excluding hydrogens is 567 g/mol. The van der Waals surface area contributed by atoms with E-state index in [1.807, 2.05) is 49.4 Å². The number of halogens is 2. The van der Waals surface area contributed by atoms with E-state index in [-0.39, 0.29) is 17.6 Å². The number of ether oxygens (including phenoxy) is 1. The summed E-state index contributed by atoms with van der Waals surface area (Å²) in [5, 5.41) is 13.1. The van der Waals surface area contributed by atoms with Gasteiger partial charge in [-0.25, -0.2) is 8.78 Å². The van der Waals surface area contributed by atoms with Gasteiger partial charge in [0.05, 0.1) is 14.2 Å². The number of hydrogen-bond acceptors (Lipinski definition) is 2. The Labute approximate surface area is 261 Å². The zero-order valence-electron chi connectivity index (χ0n) is 26.3. The Kier molecular flexibility index (Phi) is 9.07. The smallest absolute Gasteiger partial charge is 0.162 e. The number of aromatic hydroxyl groups is 1. The number of phenols is 1. The van der Waals surface area contributed by atoms with Crippen LogP contribution in [0.3, 0.4) is 0 Å². The molecule has 1 atom stereocenters. The Bertz CT molecular complexity index is 1700. The summed E-state index contributed by atoms with van der Waals surface area (Å²) in [7, 11) is -1.96.